The fraction of sp³-hybridized carbons (Fsp3) is 0.118. The number of aryl methyl sites for hydroxylation is 1. The van der Waals surface area contributed by atoms with Crippen molar-refractivity contribution in [3.05, 3.63) is 58.0 Å². The van der Waals surface area contributed by atoms with Gasteiger partial charge in [-0.25, -0.2) is 13.4 Å². The first-order valence-electron chi connectivity index (χ1n) is 7.23. The van der Waals surface area contributed by atoms with E-state index < -0.39 is 9.84 Å². The van der Waals surface area contributed by atoms with Crippen molar-refractivity contribution in [1.29, 1.82) is 0 Å². The molecule has 0 N–H and O–H groups in total. The van der Waals surface area contributed by atoms with Gasteiger partial charge in [0.25, 0.3) is 5.56 Å². The van der Waals surface area contributed by atoms with Gasteiger partial charge >= 0.3 is 0 Å². The monoisotopic (exact) mass is 375 g/mol. The lowest BCUT2D eigenvalue weighted by Crippen LogP contribution is -2.22. The van der Waals surface area contributed by atoms with Crippen LogP contribution in [0.2, 0.25) is 5.02 Å². The predicted octanol–water partition coefficient (Wildman–Crippen LogP) is 2.70. The number of rotatable bonds is 3. The first-order chi connectivity index (χ1) is 11.8. The number of halogens is 1. The lowest BCUT2D eigenvalue weighted by atomic mass is 9.99. The van der Waals surface area contributed by atoms with Crippen molar-refractivity contribution >= 4 is 38.5 Å². The van der Waals surface area contributed by atoms with Crippen molar-refractivity contribution in [2.75, 3.05) is 6.26 Å². The maximum atomic E-state index is 12.9. The summed E-state index contributed by atoms with van der Waals surface area (Å²) < 4.78 is 24.7. The van der Waals surface area contributed by atoms with Crippen molar-refractivity contribution in [2.24, 2.45) is 7.05 Å². The van der Waals surface area contributed by atoms with E-state index in [1.807, 2.05) is 0 Å². The largest absolute Gasteiger partial charge is 0.295 e. The number of nitrogens with zero attached hydrogens (tertiary/aromatic N) is 3. The normalized spacial score (nSPS) is 11.6. The van der Waals surface area contributed by atoms with E-state index in [0.717, 1.165) is 6.26 Å². The van der Waals surface area contributed by atoms with Crippen molar-refractivity contribution in [3.63, 3.8) is 0 Å². The number of sulfone groups is 1. The summed E-state index contributed by atoms with van der Waals surface area (Å²) in [7, 11) is -2.07. The topological polar surface area (TPSA) is 81.9 Å². The zero-order chi connectivity index (χ0) is 18.4. The Morgan fingerprint density at radius 3 is 2.56 bits per heavy atom. The number of aromatic nitrogens is 3. The molecular weight excluding hydrogens is 362 g/mol. The highest BCUT2D eigenvalue weighted by Crippen LogP contribution is 2.31. The number of fused-ring (bicyclic) bond motifs is 1. The smallest absolute Gasteiger partial charge is 0.260 e. The Morgan fingerprint density at radius 2 is 1.96 bits per heavy atom. The molecular formula is C17H14ClN3O3S. The summed E-state index contributed by atoms with van der Waals surface area (Å²) in [5.74, 6) is 0. The van der Waals surface area contributed by atoms with Crippen molar-refractivity contribution < 1.29 is 8.42 Å². The molecule has 0 atom stereocenters. The van der Waals surface area contributed by atoms with Gasteiger partial charge in [0, 0.05) is 35.5 Å². The molecule has 3 rings (SSSR count). The number of benzene rings is 1. The summed E-state index contributed by atoms with van der Waals surface area (Å²) >= 11 is 6.26. The molecule has 0 saturated heterocycles. The first kappa shape index (κ1) is 17.3. The third-order valence-corrected chi connectivity index (χ3v) is 5.01. The fourth-order valence-electron chi connectivity index (χ4n) is 2.63. The van der Waals surface area contributed by atoms with Gasteiger partial charge in [0.05, 0.1) is 5.56 Å². The van der Waals surface area contributed by atoms with Crippen LogP contribution in [0.1, 0.15) is 5.56 Å². The minimum Gasteiger partial charge on any atom is -0.295 e. The van der Waals surface area contributed by atoms with Gasteiger partial charge in [-0.3, -0.25) is 9.36 Å². The van der Waals surface area contributed by atoms with Crippen molar-refractivity contribution in [1.82, 2.24) is 14.5 Å². The van der Waals surface area contributed by atoms with Crippen LogP contribution in [0.5, 0.6) is 0 Å². The number of pyridine rings is 1. The molecule has 3 aromatic rings. The summed E-state index contributed by atoms with van der Waals surface area (Å²) in [4.78, 5) is 20.9. The maximum absolute atomic E-state index is 12.9. The standard InChI is InChI=1S/C17H14ClN3O3S/c1-4-10-12-9-19-17(25(3,23)24)20-15(12)21(2)16(22)14(10)11-7-5-6-8-13(11)18/h4-9H,1H2,2-3H3. The lowest BCUT2D eigenvalue weighted by molar-refractivity contribution is 0.593. The molecule has 2 heterocycles. The van der Waals surface area contributed by atoms with Gasteiger partial charge in [-0.2, -0.15) is 4.98 Å². The minimum absolute atomic E-state index is 0.214. The second kappa shape index (κ2) is 6.09. The van der Waals surface area contributed by atoms with Gasteiger partial charge in [-0.15, -0.1) is 0 Å². The van der Waals surface area contributed by atoms with Crippen LogP contribution in [-0.2, 0) is 16.9 Å². The lowest BCUT2D eigenvalue weighted by Gasteiger charge is -2.14. The SMILES string of the molecule is C=Cc1c(-c2ccccc2Cl)c(=O)n(C)c2nc(S(C)(=O)=O)ncc12. The van der Waals surface area contributed by atoms with Gasteiger partial charge in [0.2, 0.25) is 15.0 Å². The quantitative estimate of drug-likeness (QED) is 0.657. The molecule has 0 aliphatic carbocycles. The molecule has 0 aliphatic rings. The number of hydrogen-bond acceptors (Lipinski definition) is 5. The molecule has 0 fully saturated rings. The zero-order valence-corrected chi connectivity index (χ0v) is 15.1. The van der Waals surface area contributed by atoms with E-state index in [9.17, 15) is 13.2 Å². The van der Waals surface area contributed by atoms with Crippen LogP contribution >= 0.6 is 11.6 Å². The third kappa shape index (κ3) is 2.85. The van der Waals surface area contributed by atoms with E-state index in [1.165, 1.54) is 23.9 Å². The molecule has 0 spiro atoms. The van der Waals surface area contributed by atoms with Crippen LogP contribution in [0, 0.1) is 0 Å². The second-order valence-electron chi connectivity index (χ2n) is 5.50. The average Bonchev–Trinajstić information content (AvgIpc) is 2.57. The van der Waals surface area contributed by atoms with E-state index >= 15 is 0 Å². The van der Waals surface area contributed by atoms with E-state index in [1.54, 1.807) is 24.3 Å². The summed E-state index contributed by atoms with van der Waals surface area (Å²) in [5.41, 5.74) is 1.30. The third-order valence-electron chi connectivity index (χ3n) is 3.82. The van der Waals surface area contributed by atoms with Crippen molar-refractivity contribution in [3.8, 4) is 11.1 Å². The second-order valence-corrected chi connectivity index (χ2v) is 7.82. The highest BCUT2D eigenvalue weighted by Gasteiger charge is 2.20. The van der Waals surface area contributed by atoms with Crippen LogP contribution in [0.15, 0.2) is 47.0 Å². The van der Waals surface area contributed by atoms with Gasteiger partial charge in [-0.1, -0.05) is 42.5 Å². The van der Waals surface area contributed by atoms with E-state index in [4.69, 9.17) is 11.6 Å². The highest BCUT2D eigenvalue weighted by atomic mass is 35.5. The van der Waals surface area contributed by atoms with Gasteiger partial charge < -0.3 is 0 Å². The molecule has 0 aliphatic heterocycles. The Kier molecular flexibility index (Phi) is 4.22. The molecule has 0 unspecified atom stereocenters. The summed E-state index contributed by atoms with van der Waals surface area (Å²) in [5, 5.41) is 0.602. The Bertz CT molecular complexity index is 1180. The Morgan fingerprint density at radius 1 is 1.28 bits per heavy atom. The summed E-state index contributed by atoms with van der Waals surface area (Å²) in [6, 6.07) is 6.98. The van der Waals surface area contributed by atoms with E-state index in [-0.39, 0.29) is 16.4 Å². The predicted molar refractivity (Wildman–Crippen MR) is 98.4 cm³/mol. The molecule has 0 amide bonds. The van der Waals surface area contributed by atoms with Crippen LogP contribution in [0.4, 0.5) is 0 Å². The van der Waals surface area contributed by atoms with E-state index in [0.29, 0.717) is 27.1 Å². The molecule has 8 heteroatoms. The van der Waals surface area contributed by atoms with Crippen LogP contribution in [0.25, 0.3) is 28.2 Å². The molecule has 6 nitrogen and oxygen atoms in total. The van der Waals surface area contributed by atoms with Gasteiger partial charge in [-0.05, 0) is 11.6 Å². The van der Waals surface area contributed by atoms with Crippen molar-refractivity contribution in [2.45, 2.75) is 5.16 Å². The first-order valence-corrected chi connectivity index (χ1v) is 9.49. The molecule has 25 heavy (non-hydrogen) atoms. The molecule has 0 bridgehead atoms. The summed E-state index contributed by atoms with van der Waals surface area (Å²) in [6.07, 6.45) is 3.92. The molecule has 0 radical (unpaired) electrons. The maximum Gasteiger partial charge on any atom is 0.260 e. The molecule has 1 aromatic carbocycles. The van der Waals surface area contributed by atoms with Crippen LogP contribution < -0.4 is 5.56 Å². The van der Waals surface area contributed by atoms with Gasteiger partial charge in [0.15, 0.2) is 0 Å². The Labute approximate surface area is 149 Å². The Hall–Kier alpha value is -2.51. The molecule has 128 valence electrons. The Balaban J connectivity index is 2.50. The number of hydrogen-bond donors (Lipinski definition) is 0. The highest BCUT2D eigenvalue weighted by molar-refractivity contribution is 7.90. The zero-order valence-electron chi connectivity index (χ0n) is 13.5. The summed E-state index contributed by atoms with van der Waals surface area (Å²) in [6.45, 7) is 3.77. The molecule has 0 saturated carbocycles. The minimum atomic E-state index is -3.60. The fourth-order valence-corrected chi connectivity index (χ4v) is 3.36. The van der Waals surface area contributed by atoms with Crippen LogP contribution in [-0.4, -0.2) is 29.2 Å². The van der Waals surface area contributed by atoms with Crippen LogP contribution in [0.3, 0.4) is 0 Å². The molecule has 2 aromatic heterocycles. The van der Waals surface area contributed by atoms with Gasteiger partial charge in [0.1, 0.15) is 5.65 Å². The van der Waals surface area contributed by atoms with E-state index in [2.05, 4.69) is 16.5 Å². The average molecular weight is 376 g/mol.